The molecule has 0 bridgehead atoms. The summed E-state index contributed by atoms with van der Waals surface area (Å²) in [5, 5.41) is 0. The molecule has 0 spiro atoms. The quantitative estimate of drug-likeness (QED) is 0.0490. The van der Waals surface area contributed by atoms with Crippen LogP contribution in [0.25, 0.3) is 0 Å². The monoisotopic (exact) mass is 774 g/mol. The minimum atomic E-state index is 0.577. The molecule has 1 aromatic carbocycles. The normalized spacial score (nSPS) is 16.6. The Bertz CT molecular complexity index is 997. The number of allylic oxidation sites excluding steroid dienone is 8. The van der Waals surface area contributed by atoms with Crippen molar-refractivity contribution < 1.29 is 9.47 Å². The second-order valence-corrected chi connectivity index (χ2v) is 16.9. The van der Waals surface area contributed by atoms with Gasteiger partial charge in [0, 0.05) is 44.7 Å². The highest BCUT2D eigenvalue weighted by Crippen LogP contribution is 2.26. The minimum Gasteiger partial charge on any atom is -0.381 e. The first kappa shape index (κ1) is 50.2. The summed E-state index contributed by atoms with van der Waals surface area (Å²) in [6, 6.07) is 11.0. The molecular formula is C53H91NO2. The van der Waals surface area contributed by atoms with Gasteiger partial charge in [0.2, 0.25) is 0 Å². The van der Waals surface area contributed by atoms with Gasteiger partial charge < -0.3 is 9.47 Å². The summed E-state index contributed by atoms with van der Waals surface area (Å²) < 4.78 is 12.6. The van der Waals surface area contributed by atoms with Gasteiger partial charge in [-0.15, -0.1) is 0 Å². The van der Waals surface area contributed by atoms with Crippen molar-refractivity contribution in [2.45, 2.75) is 200 Å². The van der Waals surface area contributed by atoms with Crippen LogP contribution in [0.1, 0.15) is 199 Å². The molecule has 1 fully saturated rings. The summed E-state index contributed by atoms with van der Waals surface area (Å²) in [4.78, 5) is 2.63. The van der Waals surface area contributed by atoms with Crippen LogP contribution in [0.4, 0.5) is 0 Å². The first-order valence-electron chi connectivity index (χ1n) is 24.3. The Balaban J connectivity index is 1.45. The molecule has 3 nitrogen and oxygen atoms in total. The van der Waals surface area contributed by atoms with E-state index >= 15 is 0 Å². The van der Waals surface area contributed by atoms with Crippen LogP contribution >= 0.6 is 0 Å². The van der Waals surface area contributed by atoms with E-state index in [2.05, 4.69) is 97.7 Å². The maximum atomic E-state index is 6.32. The van der Waals surface area contributed by atoms with Gasteiger partial charge in [-0.3, -0.25) is 4.90 Å². The third kappa shape index (κ3) is 31.1. The molecule has 3 heteroatoms. The summed E-state index contributed by atoms with van der Waals surface area (Å²) in [5.74, 6) is 1.15. The van der Waals surface area contributed by atoms with Crippen LogP contribution in [-0.2, 0) is 16.0 Å². The van der Waals surface area contributed by atoms with Crippen molar-refractivity contribution in [3.8, 4) is 0 Å². The molecule has 56 heavy (non-hydrogen) atoms. The van der Waals surface area contributed by atoms with E-state index in [-0.39, 0.29) is 0 Å². The number of hydrogen-bond acceptors (Lipinski definition) is 3. The fourth-order valence-electron chi connectivity index (χ4n) is 7.95. The average molecular weight is 774 g/mol. The maximum Gasteiger partial charge on any atom is 0.0510 e. The third-order valence-electron chi connectivity index (χ3n) is 11.5. The van der Waals surface area contributed by atoms with Crippen LogP contribution in [0.3, 0.4) is 0 Å². The summed E-state index contributed by atoms with van der Waals surface area (Å²) in [6.07, 6.45) is 55.6. The molecule has 1 aliphatic rings. The second kappa shape index (κ2) is 39.9. The lowest BCUT2D eigenvalue weighted by Gasteiger charge is -2.18. The van der Waals surface area contributed by atoms with Gasteiger partial charge in [0.15, 0.2) is 0 Å². The Kier molecular flexibility index (Phi) is 35.7. The highest BCUT2D eigenvalue weighted by molar-refractivity contribution is 5.14. The molecule has 1 saturated heterocycles. The molecule has 0 radical (unpaired) electrons. The van der Waals surface area contributed by atoms with Crippen LogP contribution in [0.15, 0.2) is 78.9 Å². The zero-order valence-corrected chi connectivity index (χ0v) is 37.2. The highest BCUT2D eigenvalue weighted by Gasteiger charge is 2.33. The standard InChI is InChI=1S/C53H91NO2/c1-3-5-7-9-11-13-15-17-19-21-23-25-27-29-31-33-35-40-44-55-49-52-47-54(46-51-42-38-37-39-43-51)48-53(52)50-56-45-41-36-34-32-30-28-26-24-22-20-18-16-14-12-10-8-6-4-2/h11-14,17-20,37-39,42-43,52-53H,3-10,15-16,21-36,40-41,44-50H2,1-2H3/b13-11-,14-12-,19-17-,20-18-/t52-,53-/m0/s1. The molecule has 0 aliphatic carbocycles. The molecule has 1 aliphatic heterocycles. The fourth-order valence-corrected chi connectivity index (χ4v) is 7.95. The van der Waals surface area contributed by atoms with Crippen molar-refractivity contribution in [2.75, 3.05) is 39.5 Å². The molecule has 1 heterocycles. The Morgan fingerprint density at radius 1 is 0.446 bits per heavy atom. The van der Waals surface area contributed by atoms with Gasteiger partial charge in [0.25, 0.3) is 0 Å². The summed E-state index contributed by atoms with van der Waals surface area (Å²) in [6.45, 7) is 11.4. The topological polar surface area (TPSA) is 21.7 Å². The number of nitrogens with zero attached hydrogens (tertiary/aromatic N) is 1. The van der Waals surface area contributed by atoms with Crippen LogP contribution in [0.5, 0.6) is 0 Å². The van der Waals surface area contributed by atoms with Gasteiger partial charge in [0.1, 0.15) is 0 Å². The van der Waals surface area contributed by atoms with Crippen molar-refractivity contribution in [3.05, 3.63) is 84.5 Å². The first-order valence-corrected chi connectivity index (χ1v) is 24.3. The van der Waals surface area contributed by atoms with Crippen molar-refractivity contribution in [2.24, 2.45) is 11.8 Å². The molecule has 0 unspecified atom stereocenters. The zero-order valence-electron chi connectivity index (χ0n) is 37.2. The zero-order chi connectivity index (χ0) is 39.7. The lowest BCUT2D eigenvalue weighted by molar-refractivity contribution is 0.0482. The van der Waals surface area contributed by atoms with Crippen molar-refractivity contribution in [1.82, 2.24) is 4.90 Å². The van der Waals surface area contributed by atoms with Crippen LogP contribution < -0.4 is 0 Å². The molecule has 2 atom stereocenters. The molecule has 0 saturated carbocycles. The number of rotatable bonds is 40. The molecule has 1 aromatic rings. The minimum absolute atomic E-state index is 0.577. The highest BCUT2D eigenvalue weighted by atomic mass is 16.5. The third-order valence-corrected chi connectivity index (χ3v) is 11.5. The Morgan fingerprint density at radius 2 is 0.804 bits per heavy atom. The summed E-state index contributed by atoms with van der Waals surface area (Å²) in [7, 11) is 0. The van der Waals surface area contributed by atoms with Gasteiger partial charge in [-0.25, -0.2) is 0 Å². The van der Waals surface area contributed by atoms with Gasteiger partial charge >= 0.3 is 0 Å². The number of hydrogen-bond donors (Lipinski definition) is 0. The van der Waals surface area contributed by atoms with Crippen molar-refractivity contribution >= 4 is 0 Å². The number of benzene rings is 1. The first-order chi connectivity index (χ1) is 27.8. The maximum absolute atomic E-state index is 6.32. The number of unbranched alkanes of at least 4 members (excludes halogenated alkanes) is 22. The predicted octanol–water partition coefficient (Wildman–Crippen LogP) is 16.0. The van der Waals surface area contributed by atoms with E-state index < -0.39 is 0 Å². The second-order valence-electron chi connectivity index (χ2n) is 16.9. The number of ether oxygens (including phenoxy) is 2. The Morgan fingerprint density at radius 3 is 1.20 bits per heavy atom. The van der Waals surface area contributed by atoms with Gasteiger partial charge in [-0.1, -0.05) is 196 Å². The van der Waals surface area contributed by atoms with Crippen molar-refractivity contribution in [3.63, 3.8) is 0 Å². The SMILES string of the molecule is CCCCC/C=C\C/C=C\CCCCCCCCCCOC[C@@H]1CN(Cc2ccccc2)C[C@H]1COCCCCCCCCCC/C=C\C/C=C\CCCCC. The largest absolute Gasteiger partial charge is 0.381 e. The fraction of sp³-hybridized carbons (Fsp3) is 0.736. The van der Waals surface area contributed by atoms with E-state index in [4.69, 9.17) is 9.47 Å². The van der Waals surface area contributed by atoms with Crippen LogP contribution in [0, 0.1) is 11.8 Å². The lowest BCUT2D eigenvalue weighted by atomic mass is 9.98. The van der Waals surface area contributed by atoms with Gasteiger partial charge in [-0.2, -0.15) is 0 Å². The van der Waals surface area contributed by atoms with E-state index in [0.29, 0.717) is 11.8 Å². The number of likely N-dealkylation sites (tertiary alicyclic amines) is 1. The van der Waals surface area contributed by atoms with E-state index in [1.54, 1.807) is 0 Å². The molecule has 0 N–H and O–H groups in total. The van der Waals surface area contributed by atoms with Crippen molar-refractivity contribution in [1.29, 1.82) is 0 Å². The molecule has 0 amide bonds. The van der Waals surface area contributed by atoms with Gasteiger partial charge in [-0.05, 0) is 82.6 Å². The Labute approximate surface area is 349 Å². The summed E-state index contributed by atoms with van der Waals surface area (Å²) >= 11 is 0. The van der Waals surface area contributed by atoms with Gasteiger partial charge in [0.05, 0.1) is 13.2 Å². The van der Waals surface area contributed by atoms with Crippen LogP contribution in [-0.4, -0.2) is 44.4 Å². The predicted molar refractivity (Wildman–Crippen MR) is 248 cm³/mol. The van der Waals surface area contributed by atoms with E-state index in [0.717, 1.165) is 58.9 Å². The molecular weight excluding hydrogens is 683 g/mol. The lowest BCUT2D eigenvalue weighted by Crippen LogP contribution is -2.23. The average Bonchev–Trinajstić information content (AvgIpc) is 3.60. The molecule has 0 aromatic heterocycles. The molecule has 2 rings (SSSR count). The van der Waals surface area contributed by atoms with E-state index in [1.165, 1.54) is 173 Å². The van der Waals surface area contributed by atoms with E-state index in [1.807, 2.05) is 0 Å². The summed E-state index contributed by atoms with van der Waals surface area (Å²) in [5.41, 5.74) is 1.41. The smallest absolute Gasteiger partial charge is 0.0510 e. The van der Waals surface area contributed by atoms with Crippen LogP contribution in [0.2, 0.25) is 0 Å². The van der Waals surface area contributed by atoms with E-state index in [9.17, 15) is 0 Å². The Hall–Kier alpha value is -1.94. The molecule has 320 valence electrons.